The summed E-state index contributed by atoms with van der Waals surface area (Å²) in [7, 11) is 2.66. The highest BCUT2D eigenvalue weighted by Gasteiger charge is 2.37. The first-order chi connectivity index (χ1) is 16.4. The van der Waals surface area contributed by atoms with Crippen LogP contribution < -0.4 is 24.4 Å². The number of fused-ring (bicyclic) bond motifs is 1. The molecule has 3 rings (SSSR count). The summed E-state index contributed by atoms with van der Waals surface area (Å²) in [6.07, 6.45) is 0. The number of hydrogen-bond acceptors (Lipinski definition) is 8. The molecule has 0 saturated heterocycles. The summed E-state index contributed by atoms with van der Waals surface area (Å²) < 4.78 is 21.8. The molecule has 0 radical (unpaired) electrons. The van der Waals surface area contributed by atoms with Crippen LogP contribution in [0.15, 0.2) is 18.2 Å². The highest BCUT2D eigenvalue weighted by Crippen LogP contribution is 2.41. The second-order valence-corrected chi connectivity index (χ2v) is 8.90. The Morgan fingerprint density at radius 3 is 2.29 bits per heavy atom. The van der Waals surface area contributed by atoms with Crippen LogP contribution in [0.2, 0.25) is 0 Å². The lowest BCUT2D eigenvalue weighted by Crippen LogP contribution is -2.56. The van der Waals surface area contributed by atoms with Crippen LogP contribution in [0.1, 0.15) is 52.6 Å². The third-order valence-electron chi connectivity index (χ3n) is 5.58. The molecule has 0 aliphatic carbocycles. The van der Waals surface area contributed by atoms with Gasteiger partial charge in [-0.05, 0) is 46.8 Å². The molecule has 2 aromatic rings. The van der Waals surface area contributed by atoms with E-state index in [0.717, 1.165) is 5.01 Å². The number of nitrogens with one attached hydrogen (secondary N) is 1. The second-order valence-electron chi connectivity index (χ2n) is 8.90. The lowest BCUT2D eigenvalue weighted by Gasteiger charge is -2.35. The van der Waals surface area contributed by atoms with Gasteiger partial charge in [0.2, 0.25) is 5.75 Å². The zero-order valence-corrected chi connectivity index (χ0v) is 20.8. The molecule has 35 heavy (non-hydrogen) atoms. The van der Waals surface area contributed by atoms with E-state index in [1.54, 1.807) is 46.8 Å². The molecule has 0 aromatic heterocycles. The Balaban J connectivity index is 2.07. The molecule has 1 aliphatic heterocycles. The van der Waals surface area contributed by atoms with Crippen molar-refractivity contribution in [2.24, 2.45) is 0 Å². The van der Waals surface area contributed by atoms with Crippen molar-refractivity contribution < 1.29 is 33.5 Å². The lowest BCUT2D eigenvalue weighted by atomic mass is 10.0. The largest absolute Gasteiger partial charge is 0.496 e. The van der Waals surface area contributed by atoms with Crippen molar-refractivity contribution in [2.75, 3.05) is 27.4 Å². The molecule has 1 N–H and O–H groups in total. The molecular weight excluding hydrogens is 458 g/mol. The van der Waals surface area contributed by atoms with E-state index in [4.69, 9.17) is 18.9 Å². The zero-order chi connectivity index (χ0) is 26.1. The number of carbonyl (C=O) groups is 2. The van der Waals surface area contributed by atoms with E-state index in [2.05, 4.69) is 5.43 Å². The average Bonchev–Trinajstić information content (AvgIpc) is 2.81. The van der Waals surface area contributed by atoms with Gasteiger partial charge in [-0.3, -0.25) is 25.1 Å². The third-order valence-corrected chi connectivity index (χ3v) is 5.58. The summed E-state index contributed by atoms with van der Waals surface area (Å²) in [6.45, 7) is 9.14. The van der Waals surface area contributed by atoms with Gasteiger partial charge in [0, 0.05) is 22.8 Å². The molecule has 188 valence electrons. The van der Waals surface area contributed by atoms with Crippen LogP contribution in [0.3, 0.4) is 0 Å². The summed E-state index contributed by atoms with van der Waals surface area (Å²) >= 11 is 0. The molecule has 0 atom stereocenters. The molecule has 0 fully saturated rings. The Kier molecular flexibility index (Phi) is 7.09. The maximum atomic E-state index is 13.7. The first kappa shape index (κ1) is 25.6. The van der Waals surface area contributed by atoms with Crippen molar-refractivity contribution in [3.63, 3.8) is 0 Å². The Morgan fingerprint density at radius 2 is 1.71 bits per heavy atom. The smallest absolute Gasteiger partial charge is 0.324 e. The molecule has 0 spiro atoms. The molecule has 0 bridgehead atoms. The van der Waals surface area contributed by atoms with Crippen molar-refractivity contribution in [3.8, 4) is 23.0 Å². The number of nitro benzene ring substituents is 1. The molecule has 11 nitrogen and oxygen atoms in total. The summed E-state index contributed by atoms with van der Waals surface area (Å²) in [4.78, 5) is 38.2. The van der Waals surface area contributed by atoms with Gasteiger partial charge in [0.15, 0.2) is 11.5 Å². The van der Waals surface area contributed by atoms with Crippen molar-refractivity contribution in [1.29, 1.82) is 0 Å². The topological polar surface area (TPSA) is 129 Å². The fraction of sp³-hybridized carbons (Fsp3) is 0.417. The second kappa shape index (κ2) is 9.69. The van der Waals surface area contributed by atoms with Crippen LogP contribution >= 0.6 is 0 Å². The summed E-state index contributed by atoms with van der Waals surface area (Å²) in [6, 6.07) is 4.47. The van der Waals surface area contributed by atoms with Gasteiger partial charge in [-0.25, -0.2) is 5.01 Å². The minimum Gasteiger partial charge on any atom is -0.496 e. The number of methoxy groups -OCH3 is 2. The zero-order valence-electron chi connectivity index (χ0n) is 20.8. The number of ether oxygens (including phenoxy) is 4. The molecule has 0 saturated carbocycles. The van der Waals surface area contributed by atoms with Gasteiger partial charge in [0.1, 0.15) is 24.5 Å². The first-order valence-corrected chi connectivity index (χ1v) is 10.9. The van der Waals surface area contributed by atoms with E-state index in [-0.39, 0.29) is 22.6 Å². The summed E-state index contributed by atoms with van der Waals surface area (Å²) in [5, 5.41) is 13.0. The number of benzene rings is 2. The van der Waals surface area contributed by atoms with E-state index >= 15 is 0 Å². The average molecular weight is 488 g/mol. The minimum atomic E-state index is -0.951. The van der Waals surface area contributed by atoms with Crippen LogP contribution in [0.4, 0.5) is 5.69 Å². The SMILES string of the molecule is COc1cc(C(=O)N(NC(=O)c2ccc3c(c2C)OCCO3)C(C)(C)C)c([N+](=O)[O-])c(OC)c1C. The molecular formula is C24H29N3O8. The third kappa shape index (κ3) is 4.79. The van der Waals surface area contributed by atoms with E-state index in [9.17, 15) is 19.7 Å². The predicted molar refractivity (Wildman–Crippen MR) is 126 cm³/mol. The number of amides is 2. The number of carbonyl (C=O) groups excluding carboxylic acids is 2. The maximum Gasteiger partial charge on any atom is 0.324 e. The lowest BCUT2D eigenvalue weighted by molar-refractivity contribution is -0.386. The Hall–Kier alpha value is -4.02. The van der Waals surface area contributed by atoms with Crippen molar-refractivity contribution >= 4 is 17.5 Å². The number of nitro groups is 1. The molecule has 11 heteroatoms. The molecule has 2 amide bonds. The van der Waals surface area contributed by atoms with E-state index in [1.165, 1.54) is 20.3 Å². The monoisotopic (exact) mass is 487 g/mol. The predicted octanol–water partition coefficient (Wildman–Crippen LogP) is 3.59. The van der Waals surface area contributed by atoms with Gasteiger partial charge in [-0.15, -0.1) is 0 Å². The van der Waals surface area contributed by atoms with Crippen molar-refractivity contribution in [1.82, 2.24) is 10.4 Å². The number of rotatable bonds is 5. The Morgan fingerprint density at radius 1 is 1.06 bits per heavy atom. The van der Waals surface area contributed by atoms with Gasteiger partial charge >= 0.3 is 5.69 Å². The summed E-state index contributed by atoms with van der Waals surface area (Å²) in [5.74, 6) is -0.260. The maximum absolute atomic E-state index is 13.7. The normalized spacial score (nSPS) is 12.5. The fourth-order valence-electron chi connectivity index (χ4n) is 3.83. The number of hydrogen-bond donors (Lipinski definition) is 1. The highest BCUT2D eigenvalue weighted by atomic mass is 16.6. The first-order valence-electron chi connectivity index (χ1n) is 10.9. The van der Waals surface area contributed by atoms with Gasteiger partial charge in [-0.1, -0.05) is 0 Å². The van der Waals surface area contributed by atoms with Crippen LogP contribution in [0.25, 0.3) is 0 Å². The van der Waals surface area contributed by atoms with Gasteiger partial charge in [-0.2, -0.15) is 0 Å². The quantitative estimate of drug-likeness (QED) is 0.500. The van der Waals surface area contributed by atoms with Crippen LogP contribution in [-0.4, -0.2) is 54.7 Å². The van der Waals surface area contributed by atoms with Gasteiger partial charge < -0.3 is 18.9 Å². The van der Waals surface area contributed by atoms with Crippen LogP contribution in [0.5, 0.6) is 23.0 Å². The van der Waals surface area contributed by atoms with Gasteiger partial charge in [0.25, 0.3) is 11.8 Å². The van der Waals surface area contributed by atoms with Crippen LogP contribution in [0, 0.1) is 24.0 Å². The van der Waals surface area contributed by atoms with Gasteiger partial charge in [0.05, 0.1) is 24.7 Å². The van der Waals surface area contributed by atoms with E-state index in [0.29, 0.717) is 35.8 Å². The number of nitrogens with zero attached hydrogens (tertiary/aromatic N) is 2. The van der Waals surface area contributed by atoms with E-state index in [1.807, 2.05) is 0 Å². The molecule has 2 aromatic carbocycles. The molecule has 1 heterocycles. The van der Waals surface area contributed by atoms with Crippen LogP contribution in [-0.2, 0) is 0 Å². The van der Waals surface area contributed by atoms with Crippen molar-refractivity contribution in [2.45, 2.75) is 40.2 Å². The fourth-order valence-corrected chi connectivity index (χ4v) is 3.83. The molecule has 0 unspecified atom stereocenters. The van der Waals surface area contributed by atoms with Crippen molar-refractivity contribution in [3.05, 3.63) is 50.6 Å². The summed E-state index contributed by atoms with van der Waals surface area (Å²) in [5.41, 5.74) is 2.05. The Bertz CT molecular complexity index is 1190. The van der Waals surface area contributed by atoms with E-state index < -0.39 is 28.0 Å². The minimum absolute atomic E-state index is 0.0967. The molecule has 1 aliphatic rings. The highest BCUT2D eigenvalue weighted by molar-refractivity contribution is 6.03. The standard InChI is InChI=1S/C24H29N3O8/c1-13-15(8-9-17-20(13)35-11-10-34-17)22(28)25-26(24(3,4)5)23(29)16-12-18(32-6)14(2)21(33-7)19(16)27(30)31/h8-9,12H,10-11H2,1-7H3,(H,25,28). The number of hydrazine groups is 1. The Labute approximate surface area is 203 Å².